The Bertz CT molecular complexity index is 438. The lowest BCUT2D eigenvalue weighted by Gasteiger charge is -2.12. The Balaban J connectivity index is 2.87. The summed E-state index contributed by atoms with van der Waals surface area (Å²) in [6.07, 6.45) is -1.66. The first-order valence-electron chi connectivity index (χ1n) is 6.85. The van der Waals surface area contributed by atoms with E-state index >= 15 is 0 Å². The normalized spacial score (nSPS) is 19.2. The van der Waals surface area contributed by atoms with Gasteiger partial charge in [0.25, 0.3) is 0 Å². The van der Waals surface area contributed by atoms with Crippen LogP contribution in [0.15, 0.2) is 24.3 Å². The minimum atomic E-state index is -2.70. The van der Waals surface area contributed by atoms with Crippen molar-refractivity contribution in [3.05, 3.63) is 29.8 Å². The van der Waals surface area contributed by atoms with Gasteiger partial charge in [-0.2, -0.15) is 0 Å². The SMILES string of the molecule is [2H]C([2H])([2H])NC([2H])([2H])C(O)c1cccc(OCOC)c1. The van der Waals surface area contributed by atoms with E-state index in [1.807, 2.05) is 0 Å². The molecule has 84 valence electrons. The van der Waals surface area contributed by atoms with E-state index in [-0.39, 0.29) is 12.4 Å². The van der Waals surface area contributed by atoms with Crippen LogP contribution in [0, 0.1) is 0 Å². The van der Waals surface area contributed by atoms with Crippen molar-refractivity contribution in [3.8, 4) is 5.75 Å². The van der Waals surface area contributed by atoms with Gasteiger partial charge in [0, 0.05) is 20.5 Å². The molecule has 0 radical (unpaired) electrons. The van der Waals surface area contributed by atoms with Crippen LogP contribution in [0.4, 0.5) is 0 Å². The Morgan fingerprint density at radius 3 is 3.27 bits per heavy atom. The molecule has 1 rings (SSSR count). The first-order valence-corrected chi connectivity index (χ1v) is 4.35. The van der Waals surface area contributed by atoms with Gasteiger partial charge in [0.2, 0.25) is 0 Å². The molecule has 15 heavy (non-hydrogen) atoms. The van der Waals surface area contributed by atoms with Crippen LogP contribution in [0.1, 0.15) is 18.5 Å². The van der Waals surface area contributed by atoms with Crippen molar-refractivity contribution < 1.29 is 21.4 Å². The lowest BCUT2D eigenvalue weighted by Crippen LogP contribution is -2.16. The predicted octanol–water partition coefficient (Wildman–Crippen LogP) is 0.922. The average molecular weight is 216 g/mol. The van der Waals surface area contributed by atoms with E-state index in [4.69, 9.17) is 16.3 Å². The number of aliphatic hydroxyl groups is 1. The highest BCUT2D eigenvalue weighted by molar-refractivity contribution is 5.29. The second-order valence-corrected chi connectivity index (χ2v) is 2.80. The molecule has 2 N–H and O–H groups in total. The summed E-state index contributed by atoms with van der Waals surface area (Å²) in [6, 6.07) is 6.07. The fourth-order valence-corrected chi connectivity index (χ4v) is 1.05. The fourth-order valence-electron chi connectivity index (χ4n) is 1.05. The third-order valence-electron chi connectivity index (χ3n) is 1.73. The van der Waals surface area contributed by atoms with Crippen LogP contribution >= 0.6 is 0 Å². The smallest absolute Gasteiger partial charge is 0.188 e. The second-order valence-electron chi connectivity index (χ2n) is 2.80. The predicted molar refractivity (Wildman–Crippen MR) is 57.8 cm³/mol. The summed E-state index contributed by atoms with van der Waals surface area (Å²) in [7, 11) is 1.46. The molecule has 0 aliphatic carbocycles. The largest absolute Gasteiger partial charge is 0.468 e. The van der Waals surface area contributed by atoms with Gasteiger partial charge in [0.1, 0.15) is 5.75 Å². The van der Waals surface area contributed by atoms with Crippen molar-refractivity contribution in [3.63, 3.8) is 0 Å². The molecule has 0 bridgehead atoms. The summed E-state index contributed by atoms with van der Waals surface area (Å²) >= 11 is 0. The topological polar surface area (TPSA) is 50.7 Å². The number of benzene rings is 1. The summed E-state index contributed by atoms with van der Waals surface area (Å²) in [5.41, 5.74) is 0.195. The molecular formula is C11H17NO3. The van der Waals surface area contributed by atoms with Crippen LogP contribution in [0.25, 0.3) is 0 Å². The van der Waals surface area contributed by atoms with E-state index in [1.165, 1.54) is 19.2 Å². The average Bonchev–Trinajstić information content (AvgIpc) is 2.33. The summed E-state index contributed by atoms with van der Waals surface area (Å²) in [5.74, 6) is 0.382. The highest BCUT2D eigenvalue weighted by Crippen LogP contribution is 2.18. The summed E-state index contributed by atoms with van der Waals surface area (Å²) in [5, 5.41) is 11.8. The van der Waals surface area contributed by atoms with Crippen molar-refractivity contribution in [1.29, 1.82) is 0 Å². The highest BCUT2D eigenvalue weighted by atomic mass is 16.7. The Kier molecular flexibility index (Phi) is 2.76. The molecule has 4 heteroatoms. The van der Waals surface area contributed by atoms with Crippen molar-refractivity contribution in [2.75, 3.05) is 27.4 Å². The Morgan fingerprint density at radius 2 is 2.53 bits per heavy atom. The number of hydrogen-bond acceptors (Lipinski definition) is 4. The van der Waals surface area contributed by atoms with Gasteiger partial charge in [-0.25, -0.2) is 0 Å². The van der Waals surface area contributed by atoms with Gasteiger partial charge in [-0.3, -0.25) is 0 Å². The number of methoxy groups -OCH3 is 1. The third-order valence-corrected chi connectivity index (χ3v) is 1.73. The molecular weight excluding hydrogens is 194 g/mol. The fraction of sp³-hybridized carbons (Fsp3) is 0.455. The molecule has 0 amide bonds. The van der Waals surface area contributed by atoms with Crippen molar-refractivity contribution in [2.45, 2.75) is 6.10 Å². The van der Waals surface area contributed by atoms with E-state index in [9.17, 15) is 5.11 Å². The van der Waals surface area contributed by atoms with Crippen LogP contribution in [0.2, 0.25) is 0 Å². The van der Waals surface area contributed by atoms with Gasteiger partial charge < -0.3 is 19.9 Å². The van der Waals surface area contributed by atoms with Gasteiger partial charge >= 0.3 is 0 Å². The van der Waals surface area contributed by atoms with Gasteiger partial charge in [-0.05, 0) is 24.7 Å². The van der Waals surface area contributed by atoms with Gasteiger partial charge in [0.15, 0.2) is 6.79 Å². The quantitative estimate of drug-likeness (QED) is 0.694. The number of rotatable bonds is 6. The number of hydrogen-bond donors (Lipinski definition) is 2. The Hall–Kier alpha value is -1.10. The molecule has 4 nitrogen and oxygen atoms in total. The molecule has 1 atom stereocenters. The highest BCUT2D eigenvalue weighted by Gasteiger charge is 2.06. The van der Waals surface area contributed by atoms with E-state index in [1.54, 1.807) is 17.4 Å². The molecule has 1 aromatic rings. The summed E-state index contributed by atoms with van der Waals surface area (Å²) in [4.78, 5) is 0. The molecule has 1 unspecified atom stereocenters. The molecule has 0 saturated heterocycles. The standard InChI is InChI=1S/C11H17NO3/c1-12-7-11(13)9-4-3-5-10(6-9)15-8-14-2/h3-6,11-13H,7-8H2,1-2H3/i1D3,7D2. The molecule has 0 heterocycles. The molecule has 0 aliphatic rings. The minimum absolute atomic E-state index is 0.0139. The molecule has 0 spiro atoms. The van der Waals surface area contributed by atoms with Crippen LogP contribution in [0.3, 0.4) is 0 Å². The number of nitrogens with one attached hydrogen (secondary N) is 1. The van der Waals surface area contributed by atoms with E-state index in [0.717, 1.165) is 0 Å². The molecule has 1 aromatic carbocycles. The zero-order chi connectivity index (χ0) is 15.4. The van der Waals surface area contributed by atoms with Crippen molar-refractivity contribution in [1.82, 2.24) is 5.32 Å². The van der Waals surface area contributed by atoms with E-state index in [2.05, 4.69) is 0 Å². The first-order chi connectivity index (χ1) is 9.15. The minimum Gasteiger partial charge on any atom is -0.468 e. The van der Waals surface area contributed by atoms with Crippen molar-refractivity contribution in [2.24, 2.45) is 0 Å². The van der Waals surface area contributed by atoms with Crippen LogP contribution in [-0.4, -0.2) is 32.5 Å². The zero-order valence-electron chi connectivity index (χ0n) is 13.4. The maximum Gasteiger partial charge on any atom is 0.188 e. The number of ether oxygens (including phenoxy) is 2. The molecule has 0 aliphatic heterocycles. The summed E-state index contributed by atoms with van der Waals surface area (Å²) < 4.78 is 46.2. The maximum atomic E-state index is 9.99. The number of aliphatic hydroxyl groups excluding tert-OH is 1. The van der Waals surface area contributed by atoms with E-state index in [0.29, 0.717) is 5.75 Å². The zero-order valence-corrected chi connectivity index (χ0v) is 8.36. The van der Waals surface area contributed by atoms with Crippen LogP contribution in [-0.2, 0) is 4.74 Å². The molecule has 0 saturated carbocycles. The number of likely N-dealkylation sites (N-methyl/N-ethyl adjacent to an activating group) is 1. The van der Waals surface area contributed by atoms with Gasteiger partial charge in [-0.15, -0.1) is 0 Å². The second kappa shape index (κ2) is 6.40. The Labute approximate surface area is 96.9 Å². The van der Waals surface area contributed by atoms with Gasteiger partial charge in [0.05, 0.1) is 6.10 Å². The van der Waals surface area contributed by atoms with E-state index < -0.39 is 19.6 Å². The van der Waals surface area contributed by atoms with Crippen LogP contribution in [0.5, 0.6) is 5.75 Å². The Morgan fingerprint density at radius 1 is 1.67 bits per heavy atom. The molecule has 0 fully saturated rings. The van der Waals surface area contributed by atoms with Gasteiger partial charge in [-0.1, -0.05) is 12.1 Å². The monoisotopic (exact) mass is 216 g/mol. The first kappa shape index (κ1) is 6.48. The third kappa shape index (κ3) is 3.87. The lowest BCUT2D eigenvalue weighted by atomic mass is 10.1. The maximum absolute atomic E-state index is 9.99. The molecule has 0 aromatic heterocycles. The summed E-state index contributed by atoms with van der Waals surface area (Å²) in [6.45, 7) is -5.19. The van der Waals surface area contributed by atoms with Crippen molar-refractivity contribution >= 4 is 0 Å². The lowest BCUT2D eigenvalue weighted by molar-refractivity contribution is 0.0508. The van der Waals surface area contributed by atoms with Crippen LogP contribution < -0.4 is 10.1 Å².